The maximum atomic E-state index is 13.1. The first kappa shape index (κ1) is 26.2. The quantitative estimate of drug-likeness (QED) is 0.301. The van der Waals surface area contributed by atoms with Crippen molar-refractivity contribution in [2.24, 2.45) is 17.6 Å². The average molecular weight is 520 g/mol. The molecule has 196 valence electrons. The molecule has 4 heterocycles. The highest BCUT2D eigenvalue weighted by Crippen LogP contribution is 2.51. The summed E-state index contributed by atoms with van der Waals surface area (Å²) in [6.45, 7) is 4.43. The van der Waals surface area contributed by atoms with Gasteiger partial charge >= 0.3 is 5.97 Å². The van der Waals surface area contributed by atoms with E-state index in [1.807, 2.05) is 6.92 Å². The van der Waals surface area contributed by atoms with Crippen molar-refractivity contribution < 1.29 is 24.3 Å². The zero-order chi connectivity index (χ0) is 26.3. The molecule has 3 aliphatic rings. The van der Waals surface area contributed by atoms with Crippen LogP contribution in [0, 0.1) is 11.8 Å². The number of amides is 3. The van der Waals surface area contributed by atoms with Crippen LogP contribution in [0.3, 0.4) is 0 Å². The Hall–Kier alpha value is -2.90. The molecule has 1 aromatic heterocycles. The molecule has 0 aliphatic carbocycles. The summed E-state index contributed by atoms with van der Waals surface area (Å²) in [7, 11) is 3.41. The van der Waals surface area contributed by atoms with Crippen LogP contribution >= 0.6 is 11.8 Å². The van der Waals surface area contributed by atoms with Gasteiger partial charge in [0.25, 0.3) is 0 Å². The van der Waals surface area contributed by atoms with Gasteiger partial charge in [-0.3, -0.25) is 19.1 Å². The second-order valence-corrected chi connectivity index (χ2v) is 11.2. The van der Waals surface area contributed by atoms with Gasteiger partial charge in [-0.1, -0.05) is 6.92 Å². The topological polar surface area (TPSA) is 163 Å². The summed E-state index contributed by atoms with van der Waals surface area (Å²) in [5, 5.41) is 20.1. The number of likely N-dealkylation sites (N-methyl/N-ethyl adjacent to an activating group) is 1. The van der Waals surface area contributed by atoms with Crippen LogP contribution in [0.25, 0.3) is 0 Å². The van der Waals surface area contributed by atoms with Crippen LogP contribution in [0.5, 0.6) is 0 Å². The molecule has 12 nitrogen and oxygen atoms in total. The number of nitrogens with zero attached hydrogens (tertiary/aromatic N) is 4. The Morgan fingerprint density at radius 1 is 1.39 bits per heavy atom. The zero-order valence-electron chi connectivity index (χ0n) is 20.7. The van der Waals surface area contributed by atoms with Gasteiger partial charge in [-0.2, -0.15) is 5.10 Å². The Kier molecular flexibility index (Phi) is 7.43. The van der Waals surface area contributed by atoms with Crippen LogP contribution in [0.1, 0.15) is 20.3 Å². The summed E-state index contributed by atoms with van der Waals surface area (Å²) >= 11 is 1.43. The lowest BCUT2D eigenvalue weighted by molar-refractivity contribution is -0.158. The van der Waals surface area contributed by atoms with E-state index in [0.29, 0.717) is 17.9 Å². The number of carbonyl (C=O) groups excluding carboxylic acids is 3. The summed E-state index contributed by atoms with van der Waals surface area (Å²) in [5.41, 5.74) is 6.03. The first-order valence-corrected chi connectivity index (χ1v) is 12.8. The van der Waals surface area contributed by atoms with Crippen molar-refractivity contribution in [3.63, 3.8) is 0 Å². The minimum atomic E-state index is -1.15. The molecule has 0 radical (unpaired) electrons. The number of carboxylic acid groups (broad SMARTS) is 1. The molecule has 3 aliphatic heterocycles. The van der Waals surface area contributed by atoms with Crippen LogP contribution < -0.4 is 16.4 Å². The molecule has 4 rings (SSSR count). The number of β-lactam (4-membered cyclic amide) rings is 1. The number of nitrogens with two attached hydrogens (primary N) is 1. The summed E-state index contributed by atoms with van der Waals surface area (Å²) in [6, 6.07) is -0.299. The summed E-state index contributed by atoms with van der Waals surface area (Å²) in [5.74, 6) is -2.66. The van der Waals surface area contributed by atoms with Gasteiger partial charge < -0.3 is 31.3 Å². The van der Waals surface area contributed by atoms with Crippen molar-refractivity contribution in [3.8, 4) is 0 Å². The van der Waals surface area contributed by atoms with Crippen molar-refractivity contribution in [2.45, 2.75) is 56.2 Å². The Balaban J connectivity index is 1.42. The number of thioether (sulfide) groups is 1. The van der Waals surface area contributed by atoms with Crippen LogP contribution in [0.4, 0.5) is 0 Å². The van der Waals surface area contributed by atoms with Gasteiger partial charge in [0.2, 0.25) is 17.7 Å². The van der Waals surface area contributed by atoms with Crippen molar-refractivity contribution in [3.05, 3.63) is 29.1 Å². The van der Waals surface area contributed by atoms with Gasteiger partial charge in [0.05, 0.1) is 24.5 Å². The number of nitrogens with one attached hydrogen (secondary N) is 2. The molecule has 2 fully saturated rings. The molecule has 0 saturated carbocycles. The number of hydrogen-bond acceptors (Lipinski definition) is 8. The molecule has 0 unspecified atom stereocenters. The predicted molar refractivity (Wildman–Crippen MR) is 132 cm³/mol. The second kappa shape index (κ2) is 10.2. The van der Waals surface area contributed by atoms with Crippen molar-refractivity contribution in [1.82, 2.24) is 30.2 Å². The van der Waals surface area contributed by atoms with E-state index in [1.54, 1.807) is 44.2 Å². The predicted octanol–water partition coefficient (Wildman–Crippen LogP) is -0.960. The monoisotopic (exact) mass is 519 g/mol. The van der Waals surface area contributed by atoms with Gasteiger partial charge in [0, 0.05) is 55.1 Å². The lowest BCUT2D eigenvalue weighted by Gasteiger charge is -2.47. The molecule has 3 amide bonds. The summed E-state index contributed by atoms with van der Waals surface area (Å²) in [4.78, 5) is 53.8. The number of fused-ring (bicyclic) bond motifs is 1. The molecule has 36 heavy (non-hydrogen) atoms. The van der Waals surface area contributed by atoms with E-state index in [4.69, 9.17) is 5.73 Å². The number of rotatable bonds is 9. The van der Waals surface area contributed by atoms with Gasteiger partial charge in [-0.15, -0.1) is 11.8 Å². The van der Waals surface area contributed by atoms with E-state index < -0.39 is 29.9 Å². The maximum absolute atomic E-state index is 13.1. The number of hydrogen-bond donors (Lipinski definition) is 4. The third-order valence-electron chi connectivity index (χ3n) is 7.10. The highest BCUT2D eigenvalue weighted by molar-refractivity contribution is 8.03. The Labute approximate surface area is 213 Å². The first-order valence-electron chi connectivity index (χ1n) is 12.0. The molecular weight excluding hydrogens is 486 g/mol. The second-order valence-electron chi connectivity index (χ2n) is 9.83. The van der Waals surface area contributed by atoms with E-state index in [1.165, 1.54) is 21.6 Å². The molecular formula is C23H33N7O5S. The Morgan fingerprint density at radius 2 is 2.11 bits per heavy atom. The average Bonchev–Trinajstić information content (AvgIpc) is 3.54. The number of aromatic nitrogens is 2. The Morgan fingerprint density at radius 3 is 2.72 bits per heavy atom. The van der Waals surface area contributed by atoms with Crippen LogP contribution in [-0.4, -0.2) is 98.4 Å². The third kappa shape index (κ3) is 4.74. The molecule has 2 saturated heterocycles. The van der Waals surface area contributed by atoms with Gasteiger partial charge in [0.1, 0.15) is 11.7 Å². The van der Waals surface area contributed by atoms with Gasteiger partial charge in [-0.25, -0.2) is 4.79 Å². The van der Waals surface area contributed by atoms with Crippen LogP contribution in [0.15, 0.2) is 29.1 Å². The molecule has 7 atom stereocenters. The van der Waals surface area contributed by atoms with E-state index in [0.717, 1.165) is 0 Å². The van der Waals surface area contributed by atoms with Crippen molar-refractivity contribution in [1.29, 1.82) is 0 Å². The van der Waals surface area contributed by atoms with E-state index >= 15 is 0 Å². The fraction of sp³-hybridized carbons (Fsp3) is 0.609. The summed E-state index contributed by atoms with van der Waals surface area (Å²) < 4.78 is 1.56. The first-order chi connectivity index (χ1) is 17.0. The highest BCUT2D eigenvalue weighted by Gasteiger charge is 2.60. The van der Waals surface area contributed by atoms with Crippen molar-refractivity contribution >= 4 is 35.5 Å². The van der Waals surface area contributed by atoms with Crippen molar-refractivity contribution in [2.75, 3.05) is 20.6 Å². The Bertz CT molecular complexity index is 1070. The molecule has 5 N–H and O–H groups in total. The molecule has 0 spiro atoms. The minimum absolute atomic E-state index is 0.00930. The lowest BCUT2D eigenvalue weighted by Crippen LogP contribution is -2.66. The third-order valence-corrected chi connectivity index (χ3v) is 8.61. The van der Waals surface area contributed by atoms with Crippen LogP contribution in [0.2, 0.25) is 0 Å². The van der Waals surface area contributed by atoms with E-state index in [-0.39, 0.29) is 47.3 Å². The smallest absolute Gasteiger partial charge is 0.353 e. The van der Waals surface area contributed by atoms with Gasteiger partial charge in [0.15, 0.2) is 0 Å². The fourth-order valence-electron chi connectivity index (χ4n) is 5.28. The molecule has 0 aromatic carbocycles. The van der Waals surface area contributed by atoms with E-state index in [9.17, 15) is 24.3 Å². The number of carboxylic acids is 1. The highest BCUT2D eigenvalue weighted by atomic mass is 32.2. The molecule has 0 bridgehead atoms. The zero-order valence-corrected chi connectivity index (χ0v) is 21.6. The standard InChI is InChI=1S/C23H33N7O5S/c1-11-17-16(12(2)27-20(31)14(24)10-29-7-5-6-26-29)22(33)30(17)18(23(34)35)19(11)36-13-8-15(25-9-13)21(32)28(3)4/h5-7,11-17,25H,8-10,24H2,1-4H3,(H,27,31)(H,34,35)/t11-,12-,13+,14+,15+,16-,17-/m1/s1. The van der Waals surface area contributed by atoms with Crippen LogP contribution in [-0.2, 0) is 25.7 Å². The SMILES string of the molecule is C[C@@H](NC(=O)[C@@H](N)Cn1cccn1)[C@H]1C(=O)N2C(C(=O)O)=C(S[C@@H]3CN[C@H](C(=O)N(C)C)C3)[C@H](C)[C@H]12. The summed E-state index contributed by atoms with van der Waals surface area (Å²) in [6.07, 6.45) is 3.88. The normalized spacial score (nSPS) is 29.0. The minimum Gasteiger partial charge on any atom is -0.477 e. The lowest BCUT2D eigenvalue weighted by atomic mass is 9.78. The number of aliphatic carboxylic acids is 1. The van der Waals surface area contributed by atoms with Gasteiger partial charge in [-0.05, 0) is 19.4 Å². The molecule has 1 aromatic rings. The maximum Gasteiger partial charge on any atom is 0.353 e. The number of carbonyl (C=O) groups is 4. The largest absolute Gasteiger partial charge is 0.477 e. The molecule has 13 heteroatoms. The van der Waals surface area contributed by atoms with E-state index in [2.05, 4.69) is 15.7 Å². The fourth-order valence-corrected chi connectivity index (χ4v) is 6.76.